The van der Waals surface area contributed by atoms with Crippen molar-refractivity contribution in [2.75, 3.05) is 46.9 Å². The van der Waals surface area contributed by atoms with Crippen molar-refractivity contribution in [2.24, 2.45) is 7.05 Å². The van der Waals surface area contributed by atoms with Crippen molar-refractivity contribution >= 4 is 11.9 Å². The Morgan fingerprint density at radius 3 is 2.35 bits per heavy atom. The van der Waals surface area contributed by atoms with Gasteiger partial charge in [0.2, 0.25) is 0 Å². The fraction of sp³-hybridized carbons (Fsp3) is 0.393. The van der Waals surface area contributed by atoms with Crippen LogP contribution in [0.5, 0.6) is 5.75 Å². The van der Waals surface area contributed by atoms with E-state index in [-0.39, 0.29) is 18.0 Å². The third-order valence-electron chi connectivity index (χ3n) is 6.60. The number of amides is 1. The van der Waals surface area contributed by atoms with Gasteiger partial charge in [0.15, 0.2) is 0 Å². The smallest absolute Gasteiger partial charge is 0.337 e. The van der Waals surface area contributed by atoms with E-state index in [4.69, 9.17) is 14.2 Å². The van der Waals surface area contributed by atoms with Gasteiger partial charge in [0.25, 0.3) is 5.91 Å². The van der Waals surface area contributed by atoms with Crippen LogP contribution in [0.3, 0.4) is 0 Å². The molecule has 0 aliphatic carbocycles. The van der Waals surface area contributed by atoms with Gasteiger partial charge in [-0.25, -0.2) is 4.79 Å². The molecular formula is C28H34N4O5. The number of carbonyl (C=O) groups excluding carboxylic acids is 2. The molecular weight excluding hydrogens is 472 g/mol. The molecule has 9 heteroatoms. The van der Waals surface area contributed by atoms with Gasteiger partial charge in [0.1, 0.15) is 11.4 Å². The van der Waals surface area contributed by atoms with E-state index >= 15 is 0 Å². The number of hydrogen-bond acceptors (Lipinski definition) is 7. The van der Waals surface area contributed by atoms with Crippen LogP contribution in [0.1, 0.15) is 43.8 Å². The Kier molecular flexibility index (Phi) is 8.58. The molecule has 1 aliphatic rings. The van der Waals surface area contributed by atoms with Gasteiger partial charge in [-0.1, -0.05) is 24.3 Å². The molecule has 0 radical (unpaired) electrons. The Hall–Kier alpha value is -3.69. The quantitative estimate of drug-likeness (QED) is 0.412. The highest BCUT2D eigenvalue weighted by molar-refractivity contribution is 5.92. The third-order valence-corrected chi connectivity index (χ3v) is 6.60. The molecule has 2 heterocycles. The standard InChI is InChI=1S/C28H34N4O5/c1-20-16-25(30(2)29-20)27(33)32-14-12-31(13-15-32)18-26(23-6-5-7-24(17-23)35-3)37-19-21-8-10-22(11-9-21)28(34)36-4/h5-11,16-17,26H,12-15,18-19H2,1-4H3/t26-/m0/s1. The Morgan fingerprint density at radius 2 is 1.73 bits per heavy atom. The predicted octanol–water partition coefficient (Wildman–Crippen LogP) is 3.24. The maximum absolute atomic E-state index is 13.0. The maximum atomic E-state index is 13.0. The summed E-state index contributed by atoms with van der Waals surface area (Å²) in [4.78, 5) is 28.9. The number of hydrogen-bond donors (Lipinski definition) is 0. The van der Waals surface area contributed by atoms with E-state index in [1.54, 1.807) is 31.0 Å². The first kappa shape index (κ1) is 26.4. The number of nitrogens with zero attached hydrogens (tertiary/aromatic N) is 4. The molecule has 0 bridgehead atoms. The Bertz CT molecular complexity index is 1220. The van der Waals surface area contributed by atoms with Crippen molar-refractivity contribution in [3.63, 3.8) is 0 Å². The minimum Gasteiger partial charge on any atom is -0.497 e. The van der Waals surface area contributed by atoms with Crippen LogP contribution in [0.2, 0.25) is 0 Å². The summed E-state index contributed by atoms with van der Waals surface area (Å²) in [6.45, 7) is 5.75. The highest BCUT2D eigenvalue weighted by Crippen LogP contribution is 2.25. The predicted molar refractivity (Wildman–Crippen MR) is 139 cm³/mol. The topological polar surface area (TPSA) is 86.1 Å². The summed E-state index contributed by atoms with van der Waals surface area (Å²) >= 11 is 0. The van der Waals surface area contributed by atoms with E-state index in [9.17, 15) is 9.59 Å². The molecule has 2 aromatic carbocycles. The lowest BCUT2D eigenvalue weighted by atomic mass is 10.1. The summed E-state index contributed by atoms with van der Waals surface area (Å²) in [5.74, 6) is 0.423. The second-order valence-corrected chi connectivity index (χ2v) is 9.15. The van der Waals surface area contributed by atoms with Crippen molar-refractivity contribution in [1.29, 1.82) is 0 Å². The zero-order valence-corrected chi connectivity index (χ0v) is 21.8. The Balaban J connectivity index is 1.41. The van der Waals surface area contributed by atoms with Crippen molar-refractivity contribution in [3.05, 3.63) is 82.7 Å². The third kappa shape index (κ3) is 6.55. The molecule has 1 aromatic heterocycles. The molecule has 3 aromatic rings. The first-order valence-corrected chi connectivity index (χ1v) is 12.3. The largest absolute Gasteiger partial charge is 0.497 e. The summed E-state index contributed by atoms with van der Waals surface area (Å²) in [7, 11) is 4.82. The lowest BCUT2D eigenvalue weighted by Gasteiger charge is -2.36. The first-order chi connectivity index (χ1) is 17.9. The van der Waals surface area contributed by atoms with Crippen LogP contribution in [0, 0.1) is 6.92 Å². The summed E-state index contributed by atoms with van der Waals surface area (Å²) in [5.41, 5.74) is 3.94. The van der Waals surface area contributed by atoms with Gasteiger partial charge in [-0.3, -0.25) is 14.4 Å². The van der Waals surface area contributed by atoms with Crippen molar-refractivity contribution < 1.29 is 23.8 Å². The minimum atomic E-state index is -0.363. The number of benzene rings is 2. The van der Waals surface area contributed by atoms with E-state index in [2.05, 4.69) is 10.00 Å². The molecule has 0 spiro atoms. The summed E-state index contributed by atoms with van der Waals surface area (Å²) in [5, 5.41) is 4.30. The molecule has 196 valence electrons. The fourth-order valence-corrected chi connectivity index (χ4v) is 4.49. The van der Waals surface area contributed by atoms with Gasteiger partial charge in [-0.05, 0) is 48.4 Å². The van der Waals surface area contributed by atoms with E-state index < -0.39 is 0 Å². The molecule has 1 fully saturated rings. The second kappa shape index (κ2) is 12.0. The van der Waals surface area contributed by atoms with Crippen LogP contribution in [0.25, 0.3) is 0 Å². The number of esters is 1. The number of rotatable bonds is 9. The van der Waals surface area contributed by atoms with Crippen molar-refractivity contribution in [2.45, 2.75) is 19.6 Å². The molecule has 1 saturated heterocycles. The monoisotopic (exact) mass is 506 g/mol. The highest BCUT2D eigenvalue weighted by atomic mass is 16.5. The summed E-state index contributed by atoms with van der Waals surface area (Å²) in [6.07, 6.45) is -0.197. The molecule has 0 N–H and O–H groups in total. The van der Waals surface area contributed by atoms with Gasteiger partial charge in [-0.2, -0.15) is 5.10 Å². The lowest BCUT2D eigenvalue weighted by molar-refractivity contribution is 0.00320. The van der Waals surface area contributed by atoms with E-state index in [0.29, 0.717) is 37.5 Å². The van der Waals surface area contributed by atoms with E-state index in [1.165, 1.54) is 7.11 Å². The second-order valence-electron chi connectivity index (χ2n) is 9.15. The average Bonchev–Trinajstić information content (AvgIpc) is 3.28. The number of aromatic nitrogens is 2. The lowest BCUT2D eigenvalue weighted by Crippen LogP contribution is -2.50. The normalized spacial score (nSPS) is 14.9. The summed E-state index contributed by atoms with van der Waals surface area (Å²) < 4.78 is 18.3. The van der Waals surface area contributed by atoms with Crippen LogP contribution in [0.15, 0.2) is 54.6 Å². The number of piperazine rings is 1. The molecule has 1 aliphatic heterocycles. The van der Waals surface area contributed by atoms with Crippen LogP contribution in [-0.2, 0) is 23.1 Å². The molecule has 0 saturated carbocycles. The maximum Gasteiger partial charge on any atom is 0.337 e. The zero-order chi connectivity index (χ0) is 26.4. The average molecular weight is 507 g/mol. The molecule has 9 nitrogen and oxygen atoms in total. The molecule has 4 rings (SSSR count). The highest BCUT2D eigenvalue weighted by Gasteiger charge is 2.26. The van der Waals surface area contributed by atoms with Gasteiger partial charge in [-0.15, -0.1) is 0 Å². The van der Waals surface area contributed by atoms with E-state index in [0.717, 1.165) is 35.7 Å². The number of ether oxygens (including phenoxy) is 3. The Labute approximate surface area is 217 Å². The van der Waals surface area contributed by atoms with Crippen LogP contribution < -0.4 is 4.74 Å². The minimum absolute atomic E-state index is 0.0127. The number of methoxy groups -OCH3 is 2. The van der Waals surface area contributed by atoms with Crippen LogP contribution in [-0.4, -0.2) is 78.4 Å². The molecule has 1 atom stereocenters. The van der Waals surface area contributed by atoms with Gasteiger partial charge >= 0.3 is 5.97 Å². The molecule has 37 heavy (non-hydrogen) atoms. The first-order valence-electron chi connectivity index (χ1n) is 12.3. The van der Waals surface area contributed by atoms with Crippen molar-refractivity contribution in [1.82, 2.24) is 19.6 Å². The van der Waals surface area contributed by atoms with Gasteiger partial charge < -0.3 is 19.1 Å². The summed E-state index contributed by atoms with van der Waals surface area (Å²) in [6, 6.07) is 17.0. The number of aryl methyl sites for hydroxylation is 2. The van der Waals surface area contributed by atoms with Crippen LogP contribution >= 0.6 is 0 Å². The van der Waals surface area contributed by atoms with Crippen molar-refractivity contribution in [3.8, 4) is 5.75 Å². The zero-order valence-electron chi connectivity index (χ0n) is 21.8. The van der Waals surface area contributed by atoms with E-state index in [1.807, 2.05) is 54.3 Å². The molecule has 1 amide bonds. The van der Waals surface area contributed by atoms with Gasteiger partial charge in [0, 0.05) is 39.8 Å². The number of carbonyl (C=O) groups is 2. The molecule has 0 unspecified atom stereocenters. The SMILES string of the molecule is COC(=O)c1ccc(CO[C@@H](CN2CCN(C(=O)c3cc(C)nn3C)CC2)c2cccc(OC)c2)cc1. The van der Waals surface area contributed by atoms with Gasteiger partial charge in [0.05, 0.1) is 38.2 Å². The Morgan fingerprint density at radius 1 is 1.00 bits per heavy atom. The van der Waals surface area contributed by atoms with Crippen LogP contribution in [0.4, 0.5) is 0 Å². The fourth-order valence-electron chi connectivity index (χ4n) is 4.49.